The lowest BCUT2D eigenvalue weighted by molar-refractivity contribution is 0.275. The first-order chi connectivity index (χ1) is 9.40. The van der Waals surface area contributed by atoms with Crippen LogP contribution in [-0.4, -0.2) is 11.7 Å². The second-order valence-electron chi connectivity index (χ2n) is 5.81. The molecule has 1 N–H and O–H groups in total. The van der Waals surface area contributed by atoms with Crippen molar-refractivity contribution in [3.63, 3.8) is 0 Å². The van der Waals surface area contributed by atoms with Crippen LogP contribution in [0.2, 0.25) is 10.0 Å². The van der Waals surface area contributed by atoms with E-state index in [2.05, 4.69) is 20.8 Å². The Bertz CT molecular complexity index is 396. The minimum absolute atomic E-state index is 0.0504. The third-order valence-electron chi connectivity index (χ3n) is 3.32. The lowest BCUT2D eigenvalue weighted by Gasteiger charge is -2.14. The van der Waals surface area contributed by atoms with E-state index in [9.17, 15) is 5.11 Å². The predicted octanol–water partition coefficient (Wildman–Crippen LogP) is 5.93. The molecule has 1 aromatic carbocycles. The van der Waals surface area contributed by atoms with Crippen LogP contribution in [0, 0.1) is 11.8 Å². The van der Waals surface area contributed by atoms with Gasteiger partial charge in [0.2, 0.25) is 0 Å². The summed E-state index contributed by atoms with van der Waals surface area (Å²) in [7, 11) is 0. The summed E-state index contributed by atoms with van der Waals surface area (Å²) in [6.07, 6.45) is 4.74. The highest BCUT2D eigenvalue weighted by Gasteiger charge is 2.10. The van der Waals surface area contributed by atoms with Crippen LogP contribution in [0.4, 0.5) is 0 Å². The molecule has 1 atom stereocenters. The molecule has 0 saturated heterocycles. The molecule has 0 fully saturated rings. The molecular formula is C16H24Cl2O2. The largest absolute Gasteiger partial charge is 0.508 e. The molecule has 1 unspecified atom stereocenters. The summed E-state index contributed by atoms with van der Waals surface area (Å²) in [6, 6.07) is 2.88. The van der Waals surface area contributed by atoms with Gasteiger partial charge in [0, 0.05) is 12.1 Å². The van der Waals surface area contributed by atoms with E-state index in [1.165, 1.54) is 31.4 Å². The fraction of sp³-hybridized carbons (Fsp3) is 0.625. The second-order valence-corrected chi connectivity index (χ2v) is 6.62. The van der Waals surface area contributed by atoms with Gasteiger partial charge in [0.1, 0.15) is 5.75 Å². The van der Waals surface area contributed by atoms with Crippen LogP contribution in [0.25, 0.3) is 0 Å². The fourth-order valence-corrected chi connectivity index (χ4v) is 2.65. The van der Waals surface area contributed by atoms with Crippen LogP contribution in [-0.2, 0) is 0 Å². The number of phenols is 1. The number of benzene rings is 1. The van der Waals surface area contributed by atoms with Gasteiger partial charge >= 0.3 is 0 Å². The number of aromatic hydroxyl groups is 1. The van der Waals surface area contributed by atoms with Gasteiger partial charge in [-0.2, -0.15) is 0 Å². The number of hydrogen-bond acceptors (Lipinski definition) is 2. The molecule has 0 aliphatic rings. The normalized spacial score (nSPS) is 12.7. The summed E-state index contributed by atoms with van der Waals surface area (Å²) in [6.45, 7) is 7.34. The first-order valence-corrected chi connectivity index (χ1v) is 7.96. The summed E-state index contributed by atoms with van der Waals surface area (Å²) in [5.41, 5.74) is 0. The van der Waals surface area contributed by atoms with Crippen LogP contribution in [0.1, 0.15) is 46.5 Å². The number of halogens is 2. The first kappa shape index (κ1) is 17.5. The van der Waals surface area contributed by atoms with Crippen molar-refractivity contribution < 1.29 is 9.84 Å². The molecule has 0 aliphatic carbocycles. The zero-order chi connectivity index (χ0) is 15.1. The molecular weight excluding hydrogens is 295 g/mol. The van der Waals surface area contributed by atoms with Crippen molar-refractivity contribution in [1.29, 1.82) is 0 Å². The molecule has 0 radical (unpaired) electrons. The van der Waals surface area contributed by atoms with Gasteiger partial charge in [0.15, 0.2) is 5.75 Å². The minimum Gasteiger partial charge on any atom is -0.508 e. The zero-order valence-electron chi connectivity index (χ0n) is 12.5. The molecule has 20 heavy (non-hydrogen) atoms. The summed E-state index contributed by atoms with van der Waals surface area (Å²) in [4.78, 5) is 0. The third-order valence-corrected chi connectivity index (χ3v) is 3.88. The van der Waals surface area contributed by atoms with E-state index in [1.54, 1.807) is 0 Å². The Labute approximate surface area is 132 Å². The van der Waals surface area contributed by atoms with Crippen molar-refractivity contribution in [2.75, 3.05) is 6.61 Å². The smallest absolute Gasteiger partial charge is 0.156 e. The van der Waals surface area contributed by atoms with E-state index in [1.807, 2.05) is 0 Å². The Morgan fingerprint density at radius 1 is 1.05 bits per heavy atom. The molecule has 2 nitrogen and oxygen atoms in total. The summed E-state index contributed by atoms with van der Waals surface area (Å²) in [5, 5.41) is 10.0. The van der Waals surface area contributed by atoms with E-state index < -0.39 is 0 Å². The summed E-state index contributed by atoms with van der Waals surface area (Å²) in [5.74, 6) is 1.91. The van der Waals surface area contributed by atoms with Crippen molar-refractivity contribution in [3.8, 4) is 11.5 Å². The summed E-state index contributed by atoms with van der Waals surface area (Å²) < 4.78 is 5.65. The van der Waals surface area contributed by atoms with Gasteiger partial charge in [-0.15, -0.1) is 0 Å². The summed E-state index contributed by atoms with van der Waals surface area (Å²) >= 11 is 12.0. The highest BCUT2D eigenvalue weighted by molar-refractivity contribution is 6.37. The molecule has 0 aliphatic heterocycles. The second kappa shape index (κ2) is 8.63. The van der Waals surface area contributed by atoms with Crippen molar-refractivity contribution >= 4 is 23.2 Å². The maximum atomic E-state index is 9.35. The van der Waals surface area contributed by atoms with Crippen LogP contribution in [0.3, 0.4) is 0 Å². The van der Waals surface area contributed by atoms with Crippen LogP contribution < -0.4 is 4.74 Å². The lowest BCUT2D eigenvalue weighted by Crippen LogP contribution is -2.05. The average Bonchev–Trinajstić information content (AvgIpc) is 2.32. The molecule has 0 bridgehead atoms. The van der Waals surface area contributed by atoms with Gasteiger partial charge in [0.05, 0.1) is 16.7 Å². The minimum atomic E-state index is 0.0504. The van der Waals surface area contributed by atoms with E-state index >= 15 is 0 Å². The van der Waals surface area contributed by atoms with Gasteiger partial charge in [-0.1, -0.05) is 63.2 Å². The van der Waals surface area contributed by atoms with Gasteiger partial charge in [0.25, 0.3) is 0 Å². The van der Waals surface area contributed by atoms with Crippen molar-refractivity contribution in [2.24, 2.45) is 11.8 Å². The molecule has 0 amide bonds. The van der Waals surface area contributed by atoms with Crippen LogP contribution >= 0.6 is 23.2 Å². The number of ether oxygens (including phenoxy) is 1. The Kier molecular flexibility index (Phi) is 7.53. The number of rotatable bonds is 8. The van der Waals surface area contributed by atoms with E-state index in [0.717, 1.165) is 12.3 Å². The molecule has 0 spiro atoms. The molecule has 4 heteroatoms. The van der Waals surface area contributed by atoms with Crippen molar-refractivity contribution in [3.05, 3.63) is 22.2 Å². The Hall–Kier alpha value is -0.600. The van der Waals surface area contributed by atoms with Gasteiger partial charge in [-0.3, -0.25) is 0 Å². The highest BCUT2D eigenvalue weighted by atomic mass is 35.5. The molecule has 0 heterocycles. The Morgan fingerprint density at radius 2 is 1.65 bits per heavy atom. The highest BCUT2D eigenvalue weighted by Crippen LogP contribution is 2.36. The van der Waals surface area contributed by atoms with Crippen LogP contribution in [0.5, 0.6) is 11.5 Å². The van der Waals surface area contributed by atoms with Crippen molar-refractivity contribution in [2.45, 2.75) is 46.5 Å². The first-order valence-electron chi connectivity index (χ1n) is 7.21. The monoisotopic (exact) mass is 318 g/mol. The van der Waals surface area contributed by atoms with Gasteiger partial charge < -0.3 is 9.84 Å². The average molecular weight is 319 g/mol. The molecule has 1 aromatic rings. The molecule has 0 aromatic heterocycles. The van der Waals surface area contributed by atoms with E-state index in [0.29, 0.717) is 28.3 Å². The lowest BCUT2D eigenvalue weighted by atomic mass is 9.98. The standard InChI is InChI=1S/C16H24Cl2O2/c1-11(2)5-4-6-12(3)7-8-20-16-14(17)9-13(19)10-15(16)18/h9-12,19H,4-8H2,1-3H3. The SMILES string of the molecule is CC(C)CCCC(C)CCOc1c(Cl)cc(O)cc1Cl. The quantitative estimate of drug-likeness (QED) is 0.643. The molecule has 1 rings (SSSR count). The van der Waals surface area contributed by atoms with Gasteiger partial charge in [-0.05, 0) is 18.3 Å². The maximum absolute atomic E-state index is 9.35. The van der Waals surface area contributed by atoms with Crippen LogP contribution in [0.15, 0.2) is 12.1 Å². The fourth-order valence-electron chi connectivity index (χ4n) is 2.07. The van der Waals surface area contributed by atoms with E-state index in [-0.39, 0.29) is 5.75 Å². The zero-order valence-corrected chi connectivity index (χ0v) is 14.0. The third kappa shape index (κ3) is 6.23. The Balaban J connectivity index is 2.34. The maximum Gasteiger partial charge on any atom is 0.156 e. The van der Waals surface area contributed by atoms with Gasteiger partial charge in [-0.25, -0.2) is 0 Å². The topological polar surface area (TPSA) is 29.5 Å². The molecule has 114 valence electrons. The van der Waals surface area contributed by atoms with E-state index in [4.69, 9.17) is 27.9 Å². The molecule has 0 saturated carbocycles. The number of phenolic OH excluding ortho intramolecular Hbond substituents is 1. The predicted molar refractivity (Wildman–Crippen MR) is 86.1 cm³/mol. The van der Waals surface area contributed by atoms with Crippen molar-refractivity contribution in [1.82, 2.24) is 0 Å². The Morgan fingerprint density at radius 3 is 2.20 bits per heavy atom. The number of hydrogen-bond donors (Lipinski definition) is 1.